The Bertz CT molecular complexity index is 1320. The lowest BCUT2D eigenvalue weighted by molar-refractivity contribution is 0.109. The highest BCUT2D eigenvalue weighted by molar-refractivity contribution is 7.91. The lowest BCUT2D eigenvalue weighted by Gasteiger charge is -2.37. The minimum atomic E-state index is -3.40. The number of aliphatic hydroxyl groups excluding tert-OH is 1. The Labute approximate surface area is 199 Å². The number of halogens is 1. The molecule has 0 aliphatic heterocycles. The molecule has 1 fully saturated rings. The van der Waals surface area contributed by atoms with Gasteiger partial charge in [-0.2, -0.15) is 5.10 Å². The standard InChI is InChI=1S/C27H29FN2O3S/c1-27-17-19-18-29-30(23-11-9-22(28)10-12-23)26(19)16-21(27)8-7-20(27)15-24(31)13-14-34(32,33)25-5-3-2-4-6-25/h2-6,9-12,16,18,20,24,31H,7-8,13-15,17H2,1H3/t20-,24+,27-/m1/s1. The number of allylic oxidation sites excluding steroid dienone is 1. The van der Waals surface area contributed by atoms with Crippen LogP contribution in [0.15, 0.2) is 71.3 Å². The maximum absolute atomic E-state index is 13.4. The fourth-order valence-electron chi connectivity index (χ4n) is 5.58. The number of aromatic nitrogens is 2. The third-order valence-corrected chi connectivity index (χ3v) is 9.37. The smallest absolute Gasteiger partial charge is 0.178 e. The summed E-state index contributed by atoms with van der Waals surface area (Å²) in [6.45, 7) is 2.25. The monoisotopic (exact) mass is 480 g/mol. The van der Waals surface area contributed by atoms with Crippen LogP contribution in [0.1, 0.15) is 43.9 Å². The molecule has 0 unspecified atom stereocenters. The first-order valence-electron chi connectivity index (χ1n) is 11.8. The Morgan fingerprint density at radius 1 is 1.18 bits per heavy atom. The van der Waals surface area contributed by atoms with E-state index in [-0.39, 0.29) is 29.3 Å². The second-order valence-corrected chi connectivity index (χ2v) is 11.9. The third-order valence-electron chi connectivity index (χ3n) is 7.60. The van der Waals surface area contributed by atoms with Gasteiger partial charge in [-0.25, -0.2) is 17.5 Å². The summed E-state index contributed by atoms with van der Waals surface area (Å²) in [5.41, 5.74) is 4.27. The Balaban J connectivity index is 1.29. The maximum atomic E-state index is 13.4. The highest BCUT2D eigenvalue weighted by Crippen LogP contribution is 2.54. The number of sulfone groups is 1. The van der Waals surface area contributed by atoms with Crippen LogP contribution in [0.5, 0.6) is 0 Å². The van der Waals surface area contributed by atoms with Crippen molar-refractivity contribution in [2.45, 2.75) is 50.0 Å². The van der Waals surface area contributed by atoms with Gasteiger partial charge in [-0.15, -0.1) is 0 Å². The molecule has 0 amide bonds. The molecule has 1 saturated carbocycles. The molecule has 0 saturated heterocycles. The molecule has 1 heterocycles. The molecular formula is C27H29FN2O3S. The van der Waals surface area contributed by atoms with Crippen LogP contribution in [0.3, 0.4) is 0 Å². The van der Waals surface area contributed by atoms with Gasteiger partial charge in [0.05, 0.1) is 34.3 Å². The second-order valence-electron chi connectivity index (χ2n) is 9.75. The average molecular weight is 481 g/mol. The first-order chi connectivity index (χ1) is 16.3. The van der Waals surface area contributed by atoms with Gasteiger partial charge in [-0.05, 0) is 91.5 Å². The lowest BCUT2D eigenvalue weighted by Crippen LogP contribution is -2.31. The summed E-state index contributed by atoms with van der Waals surface area (Å²) in [5.74, 6) is -0.0567. The van der Waals surface area contributed by atoms with Crippen LogP contribution in [0.4, 0.5) is 4.39 Å². The van der Waals surface area contributed by atoms with Gasteiger partial charge < -0.3 is 5.11 Å². The molecule has 7 heteroatoms. The lowest BCUT2D eigenvalue weighted by atomic mass is 9.68. The SMILES string of the molecule is C[C@]12Cc3cnn(-c4ccc(F)cc4)c3C=C1CC[C@@H]2C[C@@H](O)CCS(=O)(=O)c1ccccc1. The third kappa shape index (κ3) is 4.23. The van der Waals surface area contributed by atoms with Gasteiger partial charge in [-0.3, -0.25) is 0 Å². The summed E-state index contributed by atoms with van der Waals surface area (Å²) >= 11 is 0. The molecule has 2 aromatic carbocycles. The summed E-state index contributed by atoms with van der Waals surface area (Å²) in [7, 11) is -3.40. The van der Waals surface area contributed by atoms with Crippen molar-refractivity contribution in [3.8, 4) is 5.69 Å². The predicted octanol–water partition coefficient (Wildman–Crippen LogP) is 4.98. The molecule has 0 spiro atoms. The first kappa shape index (κ1) is 23.0. The minimum absolute atomic E-state index is 0.0566. The second kappa shape index (κ2) is 8.78. The zero-order valence-corrected chi connectivity index (χ0v) is 20.0. The van der Waals surface area contributed by atoms with E-state index in [1.807, 2.05) is 10.9 Å². The summed E-state index contributed by atoms with van der Waals surface area (Å²) in [5, 5.41) is 15.3. The van der Waals surface area contributed by atoms with E-state index in [4.69, 9.17) is 0 Å². The summed E-state index contributed by atoms with van der Waals surface area (Å²) in [4.78, 5) is 0.304. The maximum Gasteiger partial charge on any atom is 0.178 e. The largest absolute Gasteiger partial charge is 0.393 e. The van der Waals surface area contributed by atoms with Crippen molar-refractivity contribution in [2.24, 2.45) is 11.3 Å². The molecule has 2 aliphatic rings. The van der Waals surface area contributed by atoms with E-state index in [2.05, 4.69) is 18.1 Å². The number of benzene rings is 2. The zero-order chi connectivity index (χ0) is 23.9. The molecule has 5 nitrogen and oxygen atoms in total. The van der Waals surface area contributed by atoms with Crippen LogP contribution in [-0.4, -0.2) is 35.2 Å². The number of fused-ring (bicyclic) bond motifs is 2. The van der Waals surface area contributed by atoms with Crippen molar-refractivity contribution in [1.29, 1.82) is 0 Å². The van der Waals surface area contributed by atoms with E-state index in [9.17, 15) is 17.9 Å². The van der Waals surface area contributed by atoms with Crippen molar-refractivity contribution in [2.75, 3.05) is 5.75 Å². The predicted molar refractivity (Wildman–Crippen MR) is 130 cm³/mol. The first-order valence-corrected chi connectivity index (χ1v) is 13.4. The molecule has 2 aliphatic carbocycles. The summed E-state index contributed by atoms with van der Waals surface area (Å²) < 4.78 is 40.4. The van der Waals surface area contributed by atoms with E-state index in [0.717, 1.165) is 36.2 Å². The van der Waals surface area contributed by atoms with Gasteiger partial charge in [-0.1, -0.05) is 30.7 Å². The molecule has 0 bridgehead atoms. The van der Waals surface area contributed by atoms with Crippen molar-refractivity contribution in [3.63, 3.8) is 0 Å². The molecule has 0 radical (unpaired) electrons. The van der Waals surface area contributed by atoms with Crippen LogP contribution in [0.2, 0.25) is 0 Å². The molecule has 178 valence electrons. The Kier molecular flexibility index (Phi) is 5.94. The number of hydrogen-bond donors (Lipinski definition) is 1. The van der Waals surface area contributed by atoms with Crippen molar-refractivity contribution in [3.05, 3.63) is 83.4 Å². The Morgan fingerprint density at radius 3 is 2.65 bits per heavy atom. The van der Waals surface area contributed by atoms with E-state index < -0.39 is 15.9 Å². The van der Waals surface area contributed by atoms with Crippen molar-refractivity contribution < 1.29 is 17.9 Å². The van der Waals surface area contributed by atoms with E-state index in [0.29, 0.717) is 11.3 Å². The van der Waals surface area contributed by atoms with Gasteiger partial charge in [0.25, 0.3) is 0 Å². The molecule has 3 atom stereocenters. The molecular weight excluding hydrogens is 451 g/mol. The Morgan fingerprint density at radius 2 is 1.91 bits per heavy atom. The van der Waals surface area contributed by atoms with Gasteiger partial charge in [0.15, 0.2) is 9.84 Å². The quantitative estimate of drug-likeness (QED) is 0.518. The topological polar surface area (TPSA) is 72.2 Å². The summed E-state index contributed by atoms with van der Waals surface area (Å²) in [6, 6.07) is 14.8. The van der Waals surface area contributed by atoms with E-state index in [1.165, 1.54) is 17.7 Å². The van der Waals surface area contributed by atoms with Gasteiger partial charge in [0, 0.05) is 0 Å². The molecule has 1 aromatic heterocycles. The van der Waals surface area contributed by atoms with Gasteiger partial charge in [0.1, 0.15) is 5.82 Å². The zero-order valence-electron chi connectivity index (χ0n) is 19.2. The normalized spacial score (nSPS) is 22.7. The van der Waals surface area contributed by atoms with Crippen molar-refractivity contribution in [1.82, 2.24) is 9.78 Å². The average Bonchev–Trinajstić information content (AvgIpc) is 3.37. The molecule has 5 rings (SSSR count). The Hall–Kier alpha value is -2.77. The number of nitrogens with zero attached hydrogens (tertiary/aromatic N) is 2. The van der Waals surface area contributed by atoms with Crippen LogP contribution in [0.25, 0.3) is 11.8 Å². The number of rotatable bonds is 7. The highest BCUT2D eigenvalue weighted by Gasteiger charge is 2.46. The van der Waals surface area contributed by atoms with Gasteiger partial charge >= 0.3 is 0 Å². The molecule has 3 aromatic rings. The van der Waals surface area contributed by atoms with Crippen LogP contribution >= 0.6 is 0 Å². The van der Waals surface area contributed by atoms with E-state index >= 15 is 0 Å². The number of hydrogen-bond acceptors (Lipinski definition) is 4. The van der Waals surface area contributed by atoms with E-state index in [1.54, 1.807) is 42.5 Å². The molecule has 34 heavy (non-hydrogen) atoms. The minimum Gasteiger partial charge on any atom is -0.393 e. The summed E-state index contributed by atoms with van der Waals surface area (Å²) in [6.07, 6.45) is 6.99. The van der Waals surface area contributed by atoms with Crippen molar-refractivity contribution >= 4 is 15.9 Å². The van der Waals surface area contributed by atoms with Crippen LogP contribution in [-0.2, 0) is 16.3 Å². The fraction of sp³-hybridized carbons (Fsp3) is 0.370. The van der Waals surface area contributed by atoms with Crippen LogP contribution in [0, 0.1) is 17.2 Å². The van der Waals surface area contributed by atoms with Gasteiger partial charge in [0.2, 0.25) is 0 Å². The van der Waals surface area contributed by atoms with Crippen LogP contribution < -0.4 is 0 Å². The highest BCUT2D eigenvalue weighted by atomic mass is 32.2. The fourth-order valence-corrected chi connectivity index (χ4v) is 6.97. The molecule has 1 N–H and O–H groups in total. The number of aliphatic hydroxyl groups is 1.